The minimum atomic E-state index is -0.230. The second kappa shape index (κ2) is 10.2. The number of aromatic nitrogens is 2. The molecule has 3 aromatic rings. The first-order valence-corrected chi connectivity index (χ1v) is 11.8. The molecule has 1 aliphatic rings. The molecule has 0 saturated heterocycles. The predicted octanol–water partition coefficient (Wildman–Crippen LogP) is 3.80. The molecule has 2 aromatic carbocycles. The van der Waals surface area contributed by atoms with Crippen molar-refractivity contribution in [2.75, 3.05) is 24.3 Å². The summed E-state index contributed by atoms with van der Waals surface area (Å²) in [5.41, 5.74) is 2.34. The average Bonchev–Trinajstić information content (AvgIpc) is 3.28. The maximum atomic E-state index is 12.4. The zero-order valence-electron chi connectivity index (χ0n) is 19.2. The van der Waals surface area contributed by atoms with Gasteiger partial charge in [0.1, 0.15) is 13.2 Å². The fourth-order valence-corrected chi connectivity index (χ4v) is 3.77. The van der Waals surface area contributed by atoms with E-state index >= 15 is 0 Å². The maximum absolute atomic E-state index is 12.4. The molecule has 0 saturated carbocycles. The van der Waals surface area contributed by atoms with Crippen molar-refractivity contribution in [3.8, 4) is 11.5 Å². The van der Waals surface area contributed by atoms with Crippen LogP contribution in [0.25, 0.3) is 0 Å². The second-order valence-corrected chi connectivity index (χ2v) is 9.59. The van der Waals surface area contributed by atoms with E-state index in [1.54, 1.807) is 30.3 Å². The smallest absolute Gasteiger partial charge is 0.277 e. The van der Waals surface area contributed by atoms with Crippen molar-refractivity contribution in [1.29, 1.82) is 0 Å². The number of hydrogen-bond acceptors (Lipinski definition) is 8. The summed E-state index contributed by atoms with van der Waals surface area (Å²) < 4.78 is 16.5. The lowest BCUT2D eigenvalue weighted by atomic mass is 9.87. The molecule has 0 fully saturated rings. The number of carbonyl (C=O) groups is 2. The molecular formula is C24H26N4O5S. The Morgan fingerprint density at radius 2 is 1.74 bits per heavy atom. The Hall–Kier alpha value is -3.53. The fourth-order valence-electron chi connectivity index (χ4n) is 3.19. The molecule has 10 heteroatoms. The van der Waals surface area contributed by atoms with Gasteiger partial charge in [-0.15, -0.1) is 10.2 Å². The van der Waals surface area contributed by atoms with E-state index in [4.69, 9.17) is 13.9 Å². The van der Waals surface area contributed by atoms with Gasteiger partial charge in [-0.2, -0.15) is 0 Å². The van der Waals surface area contributed by atoms with Gasteiger partial charge in [0.15, 0.2) is 11.5 Å². The van der Waals surface area contributed by atoms with E-state index in [1.165, 1.54) is 0 Å². The molecule has 178 valence electrons. The SMILES string of the molecule is CC(C)(C)c1ccc(C(=O)NCc2nnc(SCC(=O)Nc3ccc4c(c3)OCCO4)o2)cc1. The summed E-state index contributed by atoms with van der Waals surface area (Å²) >= 11 is 1.11. The summed E-state index contributed by atoms with van der Waals surface area (Å²) in [6, 6.07) is 12.7. The lowest BCUT2D eigenvalue weighted by Gasteiger charge is -2.19. The zero-order chi connectivity index (χ0) is 24.1. The summed E-state index contributed by atoms with van der Waals surface area (Å²) in [7, 11) is 0. The van der Waals surface area contributed by atoms with Crippen molar-refractivity contribution in [2.24, 2.45) is 0 Å². The molecule has 0 bridgehead atoms. The number of carbonyl (C=O) groups excluding carboxylic acids is 2. The molecule has 0 unspecified atom stereocenters. The third-order valence-electron chi connectivity index (χ3n) is 5.01. The Morgan fingerprint density at radius 1 is 1.00 bits per heavy atom. The first-order chi connectivity index (χ1) is 16.3. The fraction of sp³-hybridized carbons (Fsp3) is 0.333. The average molecular weight is 483 g/mol. The lowest BCUT2D eigenvalue weighted by Crippen LogP contribution is -2.23. The third kappa shape index (κ3) is 6.07. The number of ether oxygens (including phenoxy) is 2. The molecule has 0 atom stereocenters. The Morgan fingerprint density at radius 3 is 2.47 bits per heavy atom. The highest BCUT2D eigenvalue weighted by molar-refractivity contribution is 7.99. The van der Waals surface area contributed by atoms with Crippen molar-refractivity contribution >= 4 is 29.3 Å². The standard InChI is InChI=1S/C24H26N4O5S/c1-24(2,3)16-6-4-15(5-7-16)22(30)25-13-21-27-28-23(33-21)34-14-20(29)26-17-8-9-18-19(12-17)32-11-10-31-18/h4-9,12H,10-11,13-14H2,1-3H3,(H,25,30)(H,26,29). The summed E-state index contributed by atoms with van der Waals surface area (Å²) in [5.74, 6) is 1.15. The van der Waals surface area contributed by atoms with Gasteiger partial charge in [-0.25, -0.2) is 0 Å². The van der Waals surface area contributed by atoms with Crippen LogP contribution in [0, 0.1) is 0 Å². The number of benzene rings is 2. The molecule has 9 nitrogen and oxygen atoms in total. The number of fused-ring (bicyclic) bond motifs is 1. The van der Waals surface area contributed by atoms with Crippen molar-refractivity contribution in [2.45, 2.75) is 38.0 Å². The van der Waals surface area contributed by atoms with E-state index in [9.17, 15) is 9.59 Å². The number of thioether (sulfide) groups is 1. The van der Waals surface area contributed by atoms with Crippen LogP contribution >= 0.6 is 11.8 Å². The van der Waals surface area contributed by atoms with Gasteiger partial charge >= 0.3 is 0 Å². The minimum absolute atomic E-state index is 0.0215. The largest absolute Gasteiger partial charge is 0.486 e. The summed E-state index contributed by atoms with van der Waals surface area (Å²) in [6.45, 7) is 7.44. The molecule has 0 aliphatic carbocycles. The molecule has 0 radical (unpaired) electrons. The van der Waals surface area contributed by atoms with Crippen LogP contribution in [0.1, 0.15) is 42.6 Å². The topological polar surface area (TPSA) is 116 Å². The quantitative estimate of drug-likeness (QED) is 0.489. The number of nitrogens with one attached hydrogen (secondary N) is 2. The molecule has 2 N–H and O–H groups in total. The van der Waals surface area contributed by atoms with Crippen molar-refractivity contribution in [1.82, 2.24) is 15.5 Å². The monoisotopic (exact) mass is 482 g/mol. The highest BCUT2D eigenvalue weighted by Gasteiger charge is 2.16. The number of rotatable bonds is 7. The van der Waals surface area contributed by atoms with Gasteiger partial charge in [0.05, 0.1) is 12.3 Å². The van der Waals surface area contributed by atoms with E-state index < -0.39 is 0 Å². The number of hydrogen-bond donors (Lipinski definition) is 2. The van der Waals surface area contributed by atoms with Crippen LogP contribution in [0.2, 0.25) is 0 Å². The van der Waals surface area contributed by atoms with Crippen LogP contribution in [-0.2, 0) is 16.8 Å². The molecule has 34 heavy (non-hydrogen) atoms. The van der Waals surface area contributed by atoms with Crippen LogP contribution in [0.4, 0.5) is 5.69 Å². The maximum Gasteiger partial charge on any atom is 0.277 e. The van der Waals surface area contributed by atoms with Gasteiger partial charge in [0.2, 0.25) is 11.8 Å². The van der Waals surface area contributed by atoms with Crippen molar-refractivity contribution in [3.05, 3.63) is 59.5 Å². The van der Waals surface area contributed by atoms with Gasteiger partial charge < -0.3 is 24.5 Å². The van der Waals surface area contributed by atoms with Crippen molar-refractivity contribution in [3.63, 3.8) is 0 Å². The highest BCUT2D eigenvalue weighted by atomic mass is 32.2. The first-order valence-electron chi connectivity index (χ1n) is 10.8. The molecule has 2 amide bonds. The van der Waals surface area contributed by atoms with Crippen LogP contribution in [0.5, 0.6) is 11.5 Å². The molecule has 2 heterocycles. The minimum Gasteiger partial charge on any atom is -0.486 e. The van der Waals surface area contributed by atoms with E-state index in [2.05, 4.69) is 41.6 Å². The molecule has 0 spiro atoms. The highest BCUT2D eigenvalue weighted by Crippen LogP contribution is 2.32. The van der Waals surface area contributed by atoms with E-state index in [1.807, 2.05) is 12.1 Å². The van der Waals surface area contributed by atoms with Crippen molar-refractivity contribution < 1.29 is 23.5 Å². The molecular weight excluding hydrogens is 456 g/mol. The Labute approximate surface area is 201 Å². The van der Waals surface area contributed by atoms with Crippen LogP contribution in [0.3, 0.4) is 0 Å². The van der Waals surface area contributed by atoms with Gasteiger partial charge in [-0.05, 0) is 35.2 Å². The Balaban J connectivity index is 1.23. The molecule has 1 aliphatic heterocycles. The summed E-state index contributed by atoms with van der Waals surface area (Å²) in [5, 5.41) is 13.7. The lowest BCUT2D eigenvalue weighted by molar-refractivity contribution is -0.113. The first kappa shape index (κ1) is 23.6. The predicted molar refractivity (Wildman–Crippen MR) is 127 cm³/mol. The Bertz CT molecular complexity index is 1170. The zero-order valence-corrected chi connectivity index (χ0v) is 20.0. The van der Waals surface area contributed by atoms with Gasteiger partial charge in [0.25, 0.3) is 11.1 Å². The molecule has 1 aromatic heterocycles. The number of amides is 2. The molecule has 4 rings (SSSR count). The van der Waals surface area contributed by atoms with Gasteiger partial charge in [0, 0.05) is 17.3 Å². The van der Waals surface area contributed by atoms with E-state index in [0.29, 0.717) is 36.0 Å². The normalized spacial score (nSPS) is 12.8. The van der Waals surface area contributed by atoms with Crippen LogP contribution in [0.15, 0.2) is 52.1 Å². The Kier molecular flexibility index (Phi) is 7.06. The number of nitrogens with zero attached hydrogens (tertiary/aromatic N) is 2. The number of anilines is 1. The van der Waals surface area contributed by atoms with Crippen LogP contribution < -0.4 is 20.1 Å². The van der Waals surface area contributed by atoms with E-state index in [-0.39, 0.29) is 40.6 Å². The summed E-state index contributed by atoms with van der Waals surface area (Å²) in [6.07, 6.45) is 0. The van der Waals surface area contributed by atoms with Gasteiger partial charge in [-0.3, -0.25) is 9.59 Å². The van der Waals surface area contributed by atoms with E-state index in [0.717, 1.165) is 17.3 Å². The third-order valence-corrected chi connectivity index (χ3v) is 5.83. The second-order valence-electron chi connectivity index (χ2n) is 8.67. The van der Waals surface area contributed by atoms with Gasteiger partial charge in [-0.1, -0.05) is 44.7 Å². The van der Waals surface area contributed by atoms with Crippen LogP contribution in [-0.4, -0.2) is 41.0 Å². The summed E-state index contributed by atoms with van der Waals surface area (Å²) in [4.78, 5) is 24.7.